The van der Waals surface area contributed by atoms with Crippen molar-refractivity contribution >= 4 is 11.9 Å². The molecule has 0 aliphatic heterocycles. The van der Waals surface area contributed by atoms with E-state index in [9.17, 15) is 19.8 Å². The van der Waals surface area contributed by atoms with Crippen molar-refractivity contribution in [2.24, 2.45) is 11.8 Å². The van der Waals surface area contributed by atoms with Gasteiger partial charge in [0.15, 0.2) is 0 Å². The highest BCUT2D eigenvalue weighted by molar-refractivity contribution is 6.06. The molecule has 2 N–H and O–H groups in total. The lowest BCUT2D eigenvalue weighted by Crippen LogP contribution is -2.33. The molecular formula is C31H42O4. The zero-order valence-electron chi connectivity index (χ0n) is 21.9. The molecule has 0 radical (unpaired) electrons. The van der Waals surface area contributed by atoms with E-state index in [4.69, 9.17) is 0 Å². The molecule has 1 aliphatic rings. The average Bonchev–Trinajstić information content (AvgIpc) is 3.13. The van der Waals surface area contributed by atoms with Crippen molar-refractivity contribution in [3.63, 3.8) is 0 Å². The van der Waals surface area contributed by atoms with Crippen molar-refractivity contribution in [3.8, 4) is 11.1 Å². The summed E-state index contributed by atoms with van der Waals surface area (Å²) in [6, 6.07) is 11.7. The minimum absolute atomic E-state index is 0.0121. The monoisotopic (exact) mass is 478 g/mol. The minimum atomic E-state index is -1.17. The van der Waals surface area contributed by atoms with Crippen LogP contribution in [0.2, 0.25) is 0 Å². The standard InChI is InChI=1S/C31H42O4/c1-5-9-13-21(7-3)19-31(20-22(8-4)14-10-6-2)26-16-12-11-15-23(26)24-17-18-25(29(32)33)27(28(24)31)30(34)35/h11-12,15-18,21-22H,5-10,13-14,19-20H2,1-4H3,(H,32,33)(H,34,35). The summed E-state index contributed by atoms with van der Waals surface area (Å²) in [6.45, 7) is 8.89. The smallest absolute Gasteiger partial charge is 0.336 e. The maximum atomic E-state index is 12.7. The first-order valence-corrected chi connectivity index (χ1v) is 13.6. The topological polar surface area (TPSA) is 74.6 Å². The summed E-state index contributed by atoms with van der Waals surface area (Å²) in [5.41, 5.74) is 3.30. The molecule has 0 saturated carbocycles. The summed E-state index contributed by atoms with van der Waals surface area (Å²) in [6.07, 6.45) is 10.6. The van der Waals surface area contributed by atoms with Crippen LogP contribution < -0.4 is 0 Å². The van der Waals surface area contributed by atoms with Crippen LogP contribution in [0.15, 0.2) is 36.4 Å². The molecule has 2 unspecified atom stereocenters. The van der Waals surface area contributed by atoms with Crippen LogP contribution in [-0.2, 0) is 5.41 Å². The zero-order chi connectivity index (χ0) is 25.6. The normalized spacial score (nSPS) is 18.1. The number of unbranched alkanes of at least 4 members (excludes halogenated alkanes) is 2. The molecular weight excluding hydrogens is 436 g/mol. The Bertz CT molecular complexity index is 1020. The molecule has 35 heavy (non-hydrogen) atoms. The molecule has 0 bridgehead atoms. The Labute approximate surface area is 210 Å². The average molecular weight is 479 g/mol. The van der Waals surface area contributed by atoms with Crippen LogP contribution in [0.4, 0.5) is 0 Å². The summed E-state index contributed by atoms with van der Waals surface area (Å²) >= 11 is 0. The van der Waals surface area contributed by atoms with E-state index in [1.165, 1.54) is 11.6 Å². The third kappa shape index (κ3) is 5.32. The Hall–Kier alpha value is -2.62. The second kappa shape index (κ2) is 11.9. The van der Waals surface area contributed by atoms with E-state index in [0.717, 1.165) is 80.9 Å². The van der Waals surface area contributed by atoms with E-state index in [1.807, 2.05) is 12.1 Å². The van der Waals surface area contributed by atoms with Crippen molar-refractivity contribution in [2.75, 3.05) is 0 Å². The third-order valence-corrected chi connectivity index (χ3v) is 8.22. The molecule has 0 amide bonds. The van der Waals surface area contributed by atoms with Crippen LogP contribution in [-0.4, -0.2) is 22.2 Å². The maximum absolute atomic E-state index is 12.7. The van der Waals surface area contributed by atoms with Crippen molar-refractivity contribution in [2.45, 2.75) is 97.3 Å². The molecule has 0 saturated heterocycles. The van der Waals surface area contributed by atoms with Crippen LogP contribution in [0.5, 0.6) is 0 Å². The van der Waals surface area contributed by atoms with Crippen molar-refractivity contribution in [1.29, 1.82) is 0 Å². The summed E-state index contributed by atoms with van der Waals surface area (Å²) < 4.78 is 0. The van der Waals surface area contributed by atoms with Crippen molar-refractivity contribution < 1.29 is 19.8 Å². The van der Waals surface area contributed by atoms with E-state index >= 15 is 0 Å². The van der Waals surface area contributed by atoms with E-state index in [1.54, 1.807) is 0 Å². The number of carbonyl (C=O) groups is 2. The molecule has 2 aromatic rings. The van der Waals surface area contributed by atoms with Gasteiger partial charge < -0.3 is 10.2 Å². The maximum Gasteiger partial charge on any atom is 0.336 e. The Morgan fingerprint density at radius 3 is 1.83 bits per heavy atom. The molecule has 2 aromatic carbocycles. The van der Waals surface area contributed by atoms with Gasteiger partial charge in [-0.15, -0.1) is 0 Å². The van der Waals surface area contributed by atoms with Gasteiger partial charge in [-0.1, -0.05) is 109 Å². The fraction of sp³-hybridized carbons (Fsp3) is 0.548. The quantitative estimate of drug-likeness (QED) is 0.285. The molecule has 4 nitrogen and oxygen atoms in total. The van der Waals surface area contributed by atoms with Crippen LogP contribution in [0, 0.1) is 11.8 Å². The van der Waals surface area contributed by atoms with Crippen molar-refractivity contribution in [3.05, 3.63) is 58.7 Å². The molecule has 0 fully saturated rings. The largest absolute Gasteiger partial charge is 0.478 e. The summed E-state index contributed by atoms with van der Waals surface area (Å²) in [4.78, 5) is 24.9. The first-order chi connectivity index (χ1) is 16.8. The Kier molecular flexibility index (Phi) is 9.15. The second-order valence-electron chi connectivity index (χ2n) is 10.4. The number of hydrogen-bond acceptors (Lipinski definition) is 2. The summed E-state index contributed by atoms with van der Waals surface area (Å²) in [5.74, 6) is -1.41. The third-order valence-electron chi connectivity index (χ3n) is 8.22. The highest BCUT2D eigenvalue weighted by atomic mass is 16.4. The van der Waals surface area contributed by atoms with Gasteiger partial charge in [-0.2, -0.15) is 0 Å². The van der Waals surface area contributed by atoms with Gasteiger partial charge in [-0.3, -0.25) is 0 Å². The highest BCUT2D eigenvalue weighted by Crippen LogP contribution is 2.57. The fourth-order valence-corrected chi connectivity index (χ4v) is 6.37. The minimum Gasteiger partial charge on any atom is -0.478 e. The number of benzene rings is 2. The number of hydrogen-bond donors (Lipinski definition) is 2. The number of aromatic carboxylic acids is 2. The number of carboxylic acids is 2. The lowest BCUT2D eigenvalue weighted by atomic mass is 9.64. The predicted octanol–water partition coefficient (Wildman–Crippen LogP) is 8.56. The van der Waals surface area contributed by atoms with Crippen molar-refractivity contribution in [1.82, 2.24) is 0 Å². The summed E-state index contributed by atoms with van der Waals surface area (Å²) in [5, 5.41) is 20.4. The lowest BCUT2D eigenvalue weighted by molar-refractivity contribution is 0.0648. The number of carboxylic acid groups (broad SMARTS) is 2. The van der Waals surface area contributed by atoms with Crippen LogP contribution in [0.25, 0.3) is 11.1 Å². The van der Waals surface area contributed by atoms with E-state index in [2.05, 4.69) is 45.9 Å². The van der Waals surface area contributed by atoms with Gasteiger partial charge in [0.1, 0.15) is 0 Å². The van der Waals surface area contributed by atoms with E-state index in [-0.39, 0.29) is 11.1 Å². The highest BCUT2D eigenvalue weighted by Gasteiger charge is 2.48. The van der Waals surface area contributed by atoms with Gasteiger partial charge in [0, 0.05) is 5.41 Å². The molecule has 190 valence electrons. The lowest BCUT2D eigenvalue weighted by Gasteiger charge is -2.39. The molecule has 0 spiro atoms. The summed E-state index contributed by atoms with van der Waals surface area (Å²) in [7, 11) is 0. The molecule has 0 aromatic heterocycles. The van der Waals surface area contributed by atoms with Crippen LogP contribution >= 0.6 is 0 Å². The Balaban J connectivity index is 2.34. The van der Waals surface area contributed by atoms with Gasteiger partial charge >= 0.3 is 11.9 Å². The zero-order valence-corrected chi connectivity index (χ0v) is 21.9. The predicted molar refractivity (Wildman–Crippen MR) is 142 cm³/mol. The number of rotatable bonds is 14. The molecule has 2 atom stereocenters. The van der Waals surface area contributed by atoms with Gasteiger partial charge in [0.05, 0.1) is 11.1 Å². The molecule has 4 heteroatoms. The van der Waals surface area contributed by atoms with E-state index < -0.39 is 17.4 Å². The van der Waals surface area contributed by atoms with Gasteiger partial charge in [0.25, 0.3) is 0 Å². The molecule has 0 heterocycles. The Morgan fingerprint density at radius 1 is 0.771 bits per heavy atom. The second-order valence-corrected chi connectivity index (χ2v) is 10.4. The molecule has 1 aliphatic carbocycles. The SMILES string of the molecule is CCCCC(CC)CC1(CC(CC)CCCC)c2ccccc2-c2ccc(C(=O)O)c(C(=O)O)c21. The fourth-order valence-electron chi connectivity index (χ4n) is 6.37. The first kappa shape index (κ1) is 27.0. The molecule has 3 rings (SSSR count). The van der Waals surface area contributed by atoms with Gasteiger partial charge in [0.2, 0.25) is 0 Å². The first-order valence-electron chi connectivity index (χ1n) is 13.6. The van der Waals surface area contributed by atoms with Gasteiger partial charge in [-0.25, -0.2) is 9.59 Å². The van der Waals surface area contributed by atoms with Crippen LogP contribution in [0.3, 0.4) is 0 Å². The number of fused-ring (bicyclic) bond motifs is 3. The Morgan fingerprint density at radius 2 is 1.34 bits per heavy atom. The van der Waals surface area contributed by atoms with E-state index in [0.29, 0.717) is 11.8 Å². The van der Waals surface area contributed by atoms with Crippen LogP contribution in [0.1, 0.15) is 124 Å². The van der Waals surface area contributed by atoms with Gasteiger partial charge in [-0.05, 0) is 53.0 Å².